The van der Waals surface area contributed by atoms with Crippen LogP contribution in [0.25, 0.3) is 0 Å². The number of hydrogen-bond donors (Lipinski definition) is 2. The fourth-order valence-corrected chi connectivity index (χ4v) is 4.72. The lowest BCUT2D eigenvalue weighted by molar-refractivity contribution is -0.123. The molecule has 7 heteroatoms. The van der Waals surface area contributed by atoms with Gasteiger partial charge in [-0.3, -0.25) is 14.9 Å². The number of ether oxygens (including phenoxy) is 1. The maximum Gasteiger partial charge on any atom is 0.257 e. The summed E-state index contributed by atoms with van der Waals surface area (Å²) in [6.07, 6.45) is 2.58. The van der Waals surface area contributed by atoms with Crippen LogP contribution in [-0.2, 0) is 17.8 Å². The SMILES string of the molecule is COc1ccc(C(=O)Nc2nc3c(s2)CCC[C@H]3C(=O)NCc2ccc(C)cc2)cc1. The Balaban J connectivity index is 1.43. The van der Waals surface area contributed by atoms with Gasteiger partial charge in [0.15, 0.2) is 5.13 Å². The number of anilines is 1. The van der Waals surface area contributed by atoms with Crippen LogP contribution in [0.15, 0.2) is 48.5 Å². The minimum absolute atomic E-state index is 0.0140. The second-order valence-corrected chi connectivity index (χ2v) is 8.74. The zero-order valence-corrected chi connectivity index (χ0v) is 18.4. The Morgan fingerprint density at radius 2 is 1.87 bits per heavy atom. The average molecular weight is 436 g/mol. The minimum Gasteiger partial charge on any atom is -0.497 e. The number of aryl methyl sites for hydroxylation is 2. The van der Waals surface area contributed by atoms with Crippen LogP contribution < -0.4 is 15.4 Å². The van der Waals surface area contributed by atoms with E-state index < -0.39 is 0 Å². The van der Waals surface area contributed by atoms with Gasteiger partial charge in [0.05, 0.1) is 18.7 Å². The summed E-state index contributed by atoms with van der Waals surface area (Å²) in [5, 5.41) is 6.45. The van der Waals surface area contributed by atoms with Crippen LogP contribution in [0.5, 0.6) is 5.75 Å². The van der Waals surface area contributed by atoms with Crippen LogP contribution in [-0.4, -0.2) is 23.9 Å². The summed E-state index contributed by atoms with van der Waals surface area (Å²) >= 11 is 1.46. The highest BCUT2D eigenvalue weighted by molar-refractivity contribution is 7.16. The van der Waals surface area contributed by atoms with Crippen molar-refractivity contribution in [2.45, 2.75) is 38.6 Å². The van der Waals surface area contributed by atoms with Crippen molar-refractivity contribution < 1.29 is 14.3 Å². The third-order valence-corrected chi connectivity index (χ3v) is 6.48. The molecular weight excluding hydrogens is 410 g/mol. The molecule has 0 spiro atoms. The van der Waals surface area contributed by atoms with Crippen molar-refractivity contribution in [2.24, 2.45) is 0 Å². The fourth-order valence-electron chi connectivity index (χ4n) is 3.66. The molecule has 3 aromatic rings. The molecule has 2 N–H and O–H groups in total. The summed E-state index contributed by atoms with van der Waals surface area (Å²) in [7, 11) is 1.59. The molecule has 6 nitrogen and oxygen atoms in total. The van der Waals surface area contributed by atoms with E-state index in [1.165, 1.54) is 16.9 Å². The number of nitrogens with zero attached hydrogens (tertiary/aromatic N) is 1. The van der Waals surface area contributed by atoms with Gasteiger partial charge >= 0.3 is 0 Å². The van der Waals surface area contributed by atoms with Crippen LogP contribution in [0, 0.1) is 6.92 Å². The molecule has 2 amide bonds. The average Bonchev–Trinajstić information content (AvgIpc) is 3.21. The number of methoxy groups -OCH3 is 1. The van der Waals surface area contributed by atoms with Gasteiger partial charge < -0.3 is 10.1 Å². The van der Waals surface area contributed by atoms with Crippen LogP contribution in [0.2, 0.25) is 0 Å². The topological polar surface area (TPSA) is 80.3 Å². The first-order valence-electron chi connectivity index (χ1n) is 10.3. The fraction of sp³-hybridized carbons (Fsp3) is 0.292. The molecule has 0 fully saturated rings. The number of hydrogen-bond acceptors (Lipinski definition) is 5. The number of rotatable bonds is 6. The molecule has 0 saturated heterocycles. The van der Waals surface area contributed by atoms with Gasteiger partial charge in [0, 0.05) is 17.0 Å². The van der Waals surface area contributed by atoms with Gasteiger partial charge in [0.1, 0.15) is 5.75 Å². The van der Waals surface area contributed by atoms with E-state index >= 15 is 0 Å². The van der Waals surface area contributed by atoms with Crippen LogP contribution in [0.3, 0.4) is 0 Å². The molecule has 31 heavy (non-hydrogen) atoms. The van der Waals surface area contributed by atoms with E-state index in [0.717, 1.165) is 35.4 Å². The number of fused-ring (bicyclic) bond motifs is 1. The summed E-state index contributed by atoms with van der Waals surface area (Å²) in [5.74, 6) is 0.173. The molecule has 1 aliphatic rings. The Bertz CT molecular complexity index is 1070. The van der Waals surface area contributed by atoms with Crippen LogP contribution >= 0.6 is 11.3 Å². The van der Waals surface area contributed by atoms with E-state index in [1.807, 2.05) is 31.2 Å². The lowest BCUT2D eigenvalue weighted by Crippen LogP contribution is -2.31. The van der Waals surface area contributed by atoms with Gasteiger partial charge in [0.2, 0.25) is 5.91 Å². The van der Waals surface area contributed by atoms with E-state index in [4.69, 9.17) is 4.74 Å². The Morgan fingerprint density at radius 3 is 2.58 bits per heavy atom. The molecule has 0 saturated carbocycles. The highest BCUT2D eigenvalue weighted by Gasteiger charge is 2.30. The number of carbonyl (C=O) groups is 2. The maximum atomic E-state index is 12.9. The van der Waals surface area contributed by atoms with Gasteiger partial charge in [-0.05, 0) is 56.0 Å². The minimum atomic E-state index is -0.280. The van der Waals surface area contributed by atoms with Gasteiger partial charge in [0.25, 0.3) is 5.91 Å². The highest BCUT2D eigenvalue weighted by atomic mass is 32.1. The highest BCUT2D eigenvalue weighted by Crippen LogP contribution is 2.37. The maximum absolute atomic E-state index is 12.9. The molecule has 0 radical (unpaired) electrons. The van der Waals surface area contributed by atoms with Gasteiger partial charge in [-0.15, -0.1) is 11.3 Å². The first kappa shape index (κ1) is 21.1. The monoisotopic (exact) mass is 435 g/mol. The second kappa shape index (κ2) is 9.31. The lowest BCUT2D eigenvalue weighted by Gasteiger charge is -2.20. The van der Waals surface area contributed by atoms with E-state index in [9.17, 15) is 9.59 Å². The lowest BCUT2D eigenvalue weighted by atomic mass is 9.90. The molecule has 1 aromatic heterocycles. The molecule has 1 heterocycles. The predicted octanol–water partition coefficient (Wildman–Crippen LogP) is 4.45. The van der Waals surface area contributed by atoms with Gasteiger partial charge in [-0.1, -0.05) is 29.8 Å². The molecule has 4 rings (SSSR count). The van der Waals surface area contributed by atoms with E-state index in [0.29, 0.717) is 23.0 Å². The van der Waals surface area contributed by atoms with Gasteiger partial charge in [-0.25, -0.2) is 4.98 Å². The van der Waals surface area contributed by atoms with Crippen molar-refractivity contribution in [3.8, 4) is 5.75 Å². The van der Waals surface area contributed by atoms with Crippen molar-refractivity contribution in [3.63, 3.8) is 0 Å². The summed E-state index contributed by atoms with van der Waals surface area (Å²) in [6.45, 7) is 2.54. The second-order valence-electron chi connectivity index (χ2n) is 7.66. The van der Waals surface area contributed by atoms with Crippen LogP contribution in [0.1, 0.15) is 50.8 Å². The number of aromatic nitrogens is 1. The molecule has 1 atom stereocenters. The summed E-state index contributed by atoms with van der Waals surface area (Å²) in [5.41, 5.74) is 3.59. The smallest absolute Gasteiger partial charge is 0.257 e. The summed E-state index contributed by atoms with van der Waals surface area (Å²) < 4.78 is 5.13. The van der Waals surface area contributed by atoms with Crippen molar-refractivity contribution in [3.05, 3.63) is 75.8 Å². The first-order chi connectivity index (χ1) is 15.0. The molecule has 0 aliphatic heterocycles. The Kier molecular flexibility index (Phi) is 6.32. The van der Waals surface area contributed by atoms with E-state index in [2.05, 4.69) is 15.6 Å². The van der Waals surface area contributed by atoms with Gasteiger partial charge in [-0.2, -0.15) is 0 Å². The summed E-state index contributed by atoms with van der Waals surface area (Å²) in [6, 6.07) is 15.0. The zero-order valence-electron chi connectivity index (χ0n) is 17.6. The number of benzene rings is 2. The number of thiazole rings is 1. The predicted molar refractivity (Wildman–Crippen MR) is 122 cm³/mol. The zero-order chi connectivity index (χ0) is 21.8. The summed E-state index contributed by atoms with van der Waals surface area (Å²) in [4.78, 5) is 31.1. The Hall–Kier alpha value is -3.19. The molecule has 0 bridgehead atoms. The largest absolute Gasteiger partial charge is 0.497 e. The van der Waals surface area contributed by atoms with E-state index in [1.54, 1.807) is 31.4 Å². The Morgan fingerprint density at radius 1 is 1.13 bits per heavy atom. The third kappa shape index (κ3) is 4.94. The molecule has 160 valence electrons. The van der Waals surface area contributed by atoms with E-state index in [-0.39, 0.29) is 17.7 Å². The normalized spacial score (nSPS) is 15.1. The van der Waals surface area contributed by atoms with Crippen LogP contribution in [0.4, 0.5) is 5.13 Å². The Labute approximate surface area is 185 Å². The molecule has 0 unspecified atom stereocenters. The number of nitrogens with one attached hydrogen (secondary N) is 2. The standard InChI is InChI=1S/C24H25N3O3S/c1-15-6-8-16(9-7-15)14-25-23(29)19-4-3-5-20-21(19)26-24(31-20)27-22(28)17-10-12-18(30-2)13-11-17/h6-13,19H,3-5,14H2,1-2H3,(H,25,29)(H,26,27,28)/t19-/m1/s1. The third-order valence-electron chi connectivity index (χ3n) is 5.43. The van der Waals surface area contributed by atoms with Crippen molar-refractivity contribution in [1.82, 2.24) is 10.3 Å². The first-order valence-corrected chi connectivity index (χ1v) is 11.1. The van der Waals surface area contributed by atoms with Crippen molar-refractivity contribution in [1.29, 1.82) is 0 Å². The molecule has 2 aromatic carbocycles. The quantitative estimate of drug-likeness (QED) is 0.600. The number of amides is 2. The number of carbonyl (C=O) groups excluding carboxylic acids is 2. The van der Waals surface area contributed by atoms with Crippen molar-refractivity contribution >= 4 is 28.3 Å². The molecular formula is C24H25N3O3S. The van der Waals surface area contributed by atoms with Crippen molar-refractivity contribution in [2.75, 3.05) is 12.4 Å². The molecule has 1 aliphatic carbocycles.